The Morgan fingerprint density at radius 2 is 1.50 bits per heavy atom. The fourth-order valence-corrected chi connectivity index (χ4v) is 2.92. The average Bonchev–Trinajstić information content (AvgIpc) is 2.61. The van der Waals surface area contributed by atoms with Gasteiger partial charge < -0.3 is 19.9 Å². The fourth-order valence-electron chi connectivity index (χ4n) is 2.92. The second-order valence-electron chi connectivity index (χ2n) is 6.19. The molecule has 1 heterocycles. The van der Waals surface area contributed by atoms with Crippen molar-refractivity contribution in [2.24, 2.45) is 5.73 Å². The van der Waals surface area contributed by atoms with Crippen LogP contribution in [0.25, 0.3) is 0 Å². The molecule has 2 aromatic rings. The van der Waals surface area contributed by atoms with E-state index in [1.54, 1.807) is 0 Å². The Morgan fingerprint density at radius 3 is 2.17 bits per heavy atom. The first-order valence-electron chi connectivity index (χ1n) is 8.48. The Kier molecular flexibility index (Phi) is 6.38. The number of ether oxygens (including phenoxy) is 3. The number of hydrogen-bond donors (Lipinski definition) is 1. The van der Waals surface area contributed by atoms with Gasteiger partial charge in [-0.25, -0.2) is 0 Å². The third-order valence-corrected chi connectivity index (χ3v) is 4.13. The maximum absolute atomic E-state index is 6.02. The molecule has 0 bridgehead atoms. The Morgan fingerprint density at radius 1 is 0.875 bits per heavy atom. The summed E-state index contributed by atoms with van der Waals surface area (Å²) in [6.45, 7) is 1.73. The Balaban J connectivity index is 1.43. The third kappa shape index (κ3) is 5.42. The molecule has 2 aromatic carbocycles. The van der Waals surface area contributed by atoms with Crippen molar-refractivity contribution in [3.8, 4) is 0 Å². The van der Waals surface area contributed by atoms with Crippen molar-refractivity contribution in [2.45, 2.75) is 44.5 Å². The fraction of sp³-hybridized carbons (Fsp3) is 0.400. The van der Waals surface area contributed by atoms with Crippen LogP contribution in [-0.4, -0.2) is 25.0 Å². The van der Waals surface area contributed by atoms with Gasteiger partial charge in [0, 0.05) is 12.8 Å². The van der Waals surface area contributed by atoms with Gasteiger partial charge in [-0.05, 0) is 11.1 Å². The molecule has 0 saturated carbocycles. The highest BCUT2D eigenvalue weighted by molar-refractivity contribution is 5.14. The first-order valence-corrected chi connectivity index (χ1v) is 8.48. The lowest BCUT2D eigenvalue weighted by Gasteiger charge is -2.33. The van der Waals surface area contributed by atoms with E-state index in [4.69, 9.17) is 19.9 Å². The minimum absolute atomic E-state index is 0.0155. The van der Waals surface area contributed by atoms with E-state index >= 15 is 0 Å². The Hall–Kier alpha value is -1.72. The maximum atomic E-state index is 6.02. The van der Waals surface area contributed by atoms with Crippen LogP contribution in [0.4, 0.5) is 0 Å². The summed E-state index contributed by atoms with van der Waals surface area (Å²) in [5, 5.41) is 0. The van der Waals surface area contributed by atoms with Crippen LogP contribution >= 0.6 is 0 Å². The molecule has 3 atom stereocenters. The molecule has 0 aromatic heterocycles. The minimum Gasteiger partial charge on any atom is -0.374 e. The lowest BCUT2D eigenvalue weighted by molar-refractivity contribution is -0.138. The average molecular weight is 327 g/mol. The largest absolute Gasteiger partial charge is 0.374 e. The van der Waals surface area contributed by atoms with Crippen molar-refractivity contribution < 1.29 is 14.2 Å². The second-order valence-corrected chi connectivity index (χ2v) is 6.19. The standard InChI is InChI=1S/C20H25NO3/c21-20-12-18(23-14-17-9-5-2-6-10-17)11-19(24-20)15-22-13-16-7-3-1-4-8-16/h1-10,18-20H,11-15,21H2. The Bertz CT molecular complexity index is 590. The molecule has 0 aliphatic carbocycles. The summed E-state index contributed by atoms with van der Waals surface area (Å²) >= 11 is 0. The van der Waals surface area contributed by atoms with Gasteiger partial charge in [0.05, 0.1) is 32.0 Å². The molecule has 0 spiro atoms. The monoisotopic (exact) mass is 327 g/mol. The van der Waals surface area contributed by atoms with Crippen LogP contribution in [0.2, 0.25) is 0 Å². The molecule has 1 saturated heterocycles. The van der Waals surface area contributed by atoms with Gasteiger partial charge in [-0.2, -0.15) is 0 Å². The summed E-state index contributed by atoms with van der Waals surface area (Å²) in [7, 11) is 0. The van der Waals surface area contributed by atoms with E-state index in [1.165, 1.54) is 5.56 Å². The molecule has 4 nitrogen and oxygen atoms in total. The van der Waals surface area contributed by atoms with Gasteiger partial charge in [-0.15, -0.1) is 0 Å². The summed E-state index contributed by atoms with van der Waals surface area (Å²) in [4.78, 5) is 0. The summed E-state index contributed by atoms with van der Waals surface area (Å²) < 4.78 is 17.6. The lowest BCUT2D eigenvalue weighted by Crippen LogP contribution is -2.43. The van der Waals surface area contributed by atoms with Crippen LogP contribution in [-0.2, 0) is 27.4 Å². The lowest BCUT2D eigenvalue weighted by atomic mass is 10.0. The van der Waals surface area contributed by atoms with E-state index in [9.17, 15) is 0 Å². The zero-order chi connectivity index (χ0) is 16.6. The van der Waals surface area contributed by atoms with Crippen LogP contribution in [0.5, 0.6) is 0 Å². The molecule has 3 unspecified atom stereocenters. The maximum Gasteiger partial charge on any atom is 0.108 e. The third-order valence-electron chi connectivity index (χ3n) is 4.13. The summed E-state index contributed by atoms with van der Waals surface area (Å²) in [5.41, 5.74) is 8.35. The molecule has 0 amide bonds. The van der Waals surface area contributed by atoms with Crippen LogP contribution in [0.3, 0.4) is 0 Å². The number of hydrogen-bond acceptors (Lipinski definition) is 4. The molecule has 1 aliphatic rings. The van der Waals surface area contributed by atoms with Crippen LogP contribution in [0.1, 0.15) is 24.0 Å². The van der Waals surface area contributed by atoms with E-state index in [-0.39, 0.29) is 18.4 Å². The highest BCUT2D eigenvalue weighted by Gasteiger charge is 2.28. The molecule has 1 aliphatic heterocycles. The number of nitrogens with two attached hydrogens (primary N) is 1. The van der Waals surface area contributed by atoms with Crippen molar-refractivity contribution in [3.05, 3.63) is 71.8 Å². The second kappa shape index (κ2) is 8.94. The number of rotatable bonds is 7. The molecule has 24 heavy (non-hydrogen) atoms. The predicted molar refractivity (Wildman–Crippen MR) is 93.2 cm³/mol. The summed E-state index contributed by atoms with van der Waals surface area (Å²) in [6, 6.07) is 20.3. The van der Waals surface area contributed by atoms with Crippen LogP contribution < -0.4 is 5.73 Å². The first-order chi connectivity index (χ1) is 11.8. The van der Waals surface area contributed by atoms with Crippen LogP contribution in [0, 0.1) is 0 Å². The normalized spacial score (nSPS) is 24.0. The molecule has 2 N–H and O–H groups in total. The van der Waals surface area contributed by atoms with Gasteiger partial charge >= 0.3 is 0 Å². The van der Waals surface area contributed by atoms with E-state index in [1.807, 2.05) is 36.4 Å². The molecule has 1 fully saturated rings. The van der Waals surface area contributed by atoms with Gasteiger partial charge in [0.15, 0.2) is 0 Å². The predicted octanol–water partition coefficient (Wildman–Crippen LogP) is 3.25. The van der Waals surface area contributed by atoms with Crippen molar-refractivity contribution >= 4 is 0 Å². The van der Waals surface area contributed by atoms with Crippen molar-refractivity contribution in [2.75, 3.05) is 6.61 Å². The zero-order valence-electron chi connectivity index (χ0n) is 13.8. The molecule has 0 radical (unpaired) electrons. The SMILES string of the molecule is NC1CC(OCc2ccccc2)CC(COCc2ccccc2)O1. The quantitative estimate of drug-likeness (QED) is 0.848. The summed E-state index contributed by atoms with van der Waals surface area (Å²) in [5.74, 6) is 0. The van der Waals surface area contributed by atoms with Gasteiger partial charge in [0.2, 0.25) is 0 Å². The van der Waals surface area contributed by atoms with Gasteiger partial charge in [0.1, 0.15) is 6.23 Å². The molecule has 3 rings (SSSR count). The molecular weight excluding hydrogens is 302 g/mol. The van der Waals surface area contributed by atoms with Gasteiger partial charge in [-0.1, -0.05) is 60.7 Å². The van der Waals surface area contributed by atoms with Crippen molar-refractivity contribution in [1.29, 1.82) is 0 Å². The minimum atomic E-state index is -0.287. The summed E-state index contributed by atoms with van der Waals surface area (Å²) in [6.07, 6.45) is 1.35. The van der Waals surface area contributed by atoms with E-state index < -0.39 is 0 Å². The van der Waals surface area contributed by atoms with Crippen molar-refractivity contribution in [1.82, 2.24) is 0 Å². The van der Waals surface area contributed by atoms with E-state index in [0.717, 1.165) is 18.4 Å². The first kappa shape index (κ1) is 17.1. The molecule has 128 valence electrons. The number of benzene rings is 2. The van der Waals surface area contributed by atoms with E-state index in [2.05, 4.69) is 24.3 Å². The van der Waals surface area contributed by atoms with E-state index in [0.29, 0.717) is 19.8 Å². The Labute approximate surface area is 143 Å². The zero-order valence-corrected chi connectivity index (χ0v) is 13.8. The topological polar surface area (TPSA) is 53.7 Å². The molecule has 4 heteroatoms. The smallest absolute Gasteiger partial charge is 0.108 e. The van der Waals surface area contributed by atoms with Gasteiger partial charge in [-0.3, -0.25) is 0 Å². The highest BCUT2D eigenvalue weighted by atomic mass is 16.6. The van der Waals surface area contributed by atoms with Crippen molar-refractivity contribution in [3.63, 3.8) is 0 Å². The van der Waals surface area contributed by atoms with Crippen LogP contribution in [0.15, 0.2) is 60.7 Å². The molecular formula is C20H25NO3. The van der Waals surface area contributed by atoms with Gasteiger partial charge in [0.25, 0.3) is 0 Å². The highest BCUT2D eigenvalue weighted by Crippen LogP contribution is 2.21.